The fraction of sp³-hybridized carbons (Fsp3) is 0.412. The van der Waals surface area contributed by atoms with Crippen LogP contribution >= 0.6 is 0 Å². The number of likely N-dealkylation sites (N-methyl/N-ethyl adjacent to an activating group) is 1. The van der Waals surface area contributed by atoms with Gasteiger partial charge >= 0.3 is 0 Å². The highest BCUT2D eigenvalue weighted by atomic mass is 19.1. The SMILES string of the molecule is Cc1nccn1CCCN(C)CCc1nc2ccc(F)cc2[nH]1. The Morgan fingerprint density at radius 3 is 2.96 bits per heavy atom. The maximum Gasteiger partial charge on any atom is 0.125 e. The highest BCUT2D eigenvalue weighted by Crippen LogP contribution is 2.13. The molecular weight excluding hydrogens is 293 g/mol. The van der Waals surface area contributed by atoms with Gasteiger partial charge in [0.2, 0.25) is 0 Å². The minimum absolute atomic E-state index is 0.236. The lowest BCUT2D eigenvalue weighted by Crippen LogP contribution is -2.23. The Labute approximate surface area is 135 Å². The second-order valence-electron chi connectivity index (χ2n) is 5.92. The van der Waals surface area contributed by atoms with Gasteiger partial charge in [0.15, 0.2) is 0 Å². The van der Waals surface area contributed by atoms with Gasteiger partial charge in [-0.1, -0.05) is 0 Å². The van der Waals surface area contributed by atoms with Crippen LogP contribution in [0.2, 0.25) is 0 Å². The van der Waals surface area contributed by atoms with Crippen LogP contribution in [0, 0.1) is 12.7 Å². The standard InChI is InChI=1S/C17H22FN5/c1-13-19-7-11-23(13)9-3-8-22(2)10-6-17-20-15-5-4-14(18)12-16(15)21-17/h4-5,7,11-12H,3,6,8-10H2,1-2H3,(H,20,21). The molecule has 0 radical (unpaired) electrons. The van der Waals surface area contributed by atoms with E-state index < -0.39 is 0 Å². The summed E-state index contributed by atoms with van der Waals surface area (Å²) in [7, 11) is 2.11. The van der Waals surface area contributed by atoms with Crippen LogP contribution in [0.25, 0.3) is 11.0 Å². The van der Waals surface area contributed by atoms with Crippen LogP contribution in [-0.4, -0.2) is 44.6 Å². The Bertz CT molecular complexity index is 776. The summed E-state index contributed by atoms with van der Waals surface area (Å²) in [6.45, 7) is 4.95. The fourth-order valence-corrected chi connectivity index (χ4v) is 2.71. The smallest absolute Gasteiger partial charge is 0.125 e. The quantitative estimate of drug-likeness (QED) is 0.729. The molecule has 1 aromatic carbocycles. The van der Waals surface area contributed by atoms with Crippen LogP contribution in [0.15, 0.2) is 30.6 Å². The molecule has 0 spiro atoms. The monoisotopic (exact) mass is 315 g/mol. The van der Waals surface area contributed by atoms with Gasteiger partial charge in [-0.2, -0.15) is 0 Å². The Morgan fingerprint density at radius 2 is 2.17 bits per heavy atom. The third kappa shape index (κ3) is 3.96. The number of imidazole rings is 2. The van der Waals surface area contributed by atoms with Gasteiger partial charge in [-0.25, -0.2) is 14.4 Å². The number of H-pyrrole nitrogens is 1. The van der Waals surface area contributed by atoms with E-state index in [4.69, 9.17) is 0 Å². The van der Waals surface area contributed by atoms with Crippen molar-refractivity contribution in [3.63, 3.8) is 0 Å². The van der Waals surface area contributed by atoms with Crippen molar-refractivity contribution in [2.75, 3.05) is 20.1 Å². The maximum absolute atomic E-state index is 13.2. The average molecular weight is 315 g/mol. The molecule has 3 aromatic rings. The predicted octanol–water partition coefficient (Wildman–Crippen LogP) is 2.77. The molecule has 0 saturated heterocycles. The van der Waals surface area contributed by atoms with E-state index in [-0.39, 0.29) is 5.82 Å². The summed E-state index contributed by atoms with van der Waals surface area (Å²) in [5.74, 6) is 1.73. The number of hydrogen-bond donors (Lipinski definition) is 1. The van der Waals surface area contributed by atoms with E-state index in [1.165, 1.54) is 12.1 Å². The molecule has 23 heavy (non-hydrogen) atoms. The first-order chi connectivity index (χ1) is 11.1. The number of aromatic amines is 1. The van der Waals surface area contributed by atoms with Crippen LogP contribution in [0.4, 0.5) is 4.39 Å². The number of benzene rings is 1. The van der Waals surface area contributed by atoms with E-state index in [0.717, 1.165) is 55.2 Å². The van der Waals surface area contributed by atoms with Crippen molar-refractivity contribution in [2.24, 2.45) is 0 Å². The van der Waals surface area contributed by atoms with Gasteiger partial charge in [-0.15, -0.1) is 0 Å². The van der Waals surface area contributed by atoms with E-state index in [1.807, 2.05) is 19.3 Å². The van der Waals surface area contributed by atoms with Crippen molar-refractivity contribution in [1.82, 2.24) is 24.4 Å². The van der Waals surface area contributed by atoms with E-state index in [0.29, 0.717) is 0 Å². The van der Waals surface area contributed by atoms with E-state index in [9.17, 15) is 4.39 Å². The van der Waals surface area contributed by atoms with Crippen LogP contribution in [0.3, 0.4) is 0 Å². The summed E-state index contributed by atoms with van der Waals surface area (Å²) in [4.78, 5) is 14.2. The molecular formula is C17H22FN5. The molecule has 2 aromatic heterocycles. The molecule has 122 valence electrons. The zero-order valence-corrected chi connectivity index (χ0v) is 13.6. The molecule has 0 aliphatic carbocycles. The number of rotatable bonds is 7. The molecule has 0 amide bonds. The van der Waals surface area contributed by atoms with Gasteiger partial charge in [0.1, 0.15) is 17.5 Å². The van der Waals surface area contributed by atoms with Gasteiger partial charge in [0.25, 0.3) is 0 Å². The summed E-state index contributed by atoms with van der Waals surface area (Å²) < 4.78 is 15.4. The molecule has 0 saturated carbocycles. The number of fused-ring (bicyclic) bond motifs is 1. The first kappa shape index (κ1) is 15.7. The molecule has 0 aliphatic heterocycles. The number of nitrogens with one attached hydrogen (secondary N) is 1. The molecule has 0 aliphatic rings. The number of halogens is 1. The molecule has 0 atom stereocenters. The number of hydrogen-bond acceptors (Lipinski definition) is 3. The molecule has 2 heterocycles. The van der Waals surface area contributed by atoms with Gasteiger partial charge in [-0.3, -0.25) is 0 Å². The van der Waals surface area contributed by atoms with Crippen molar-refractivity contribution in [3.05, 3.63) is 48.1 Å². The molecule has 0 fully saturated rings. The lowest BCUT2D eigenvalue weighted by atomic mass is 10.3. The lowest BCUT2D eigenvalue weighted by Gasteiger charge is -2.16. The van der Waals surface area contributed by atoms with E-state index in [1.54, 1.807) is 6.07 Å². The zero-order valence-electron chi connectivity index (χ0n) is 13.6. The minimum Gasteiger partial charge on any atom is -0.342 e. The Kier molecular flexibility index (Phi) is 4.71. The third-order valence-electron chi connectivity index (χ3n) is 4.09. The second-order valence-corrected chi connectivity index (χ2v) is 5.92. The van der Waals surface area contributed by atoms with Crippen molar-refractivity contribution in [1.29, 1.82) is 0 Å². The highest BCUT2D eigenvalue weighted by Gasteiger charge is 2.06. The molecule has 3 rings (SSSR count). The largest absolute Gasteiger partial charge is 0.342 e. The Balaban J connectivity index is 1.46. The number of nitrogens with zero attached hydrogens (tertiary/aromatic N) is 4. The predicted molar refractivity (Wildman–Crippen MR) is 88.8 cm³/mol. The van der Waals surface area contributed by atoms with Crippen molar-refractivity contribution >= 4 is 11.0 Å². The Morgan fingerprint density at radius 1 is 1.30 bits per heavy atom. The Hall–Kier alpha value is -2.21. The normalized spacial score (nSPS) is 11.7. The summed E-state index contributed by atoms with van der Waals surface area (Å²) >= 11 is 0. The van der Waals surface area contributed by atoms with Gasteiger partial charge in [-0.05, 0) is 45.1 Å². The molecule has 0 unspecified atom stereocenters. The fourth-order valence-electron chi connectivity index (χ4n) is 2.71. The third-order valence-corrected chi connectivity index (χ3v) is 4.09. The van der Waals surface area contributed by atoms with Gasteiger partial charge in [0, 0.05) is 31.9 Å². The van der Waals surface area contributed by atoms with Crippen molar-refractivity contribution in [2.45, 2.75) is 26.3 Å². The maximum atomic E-state index is 13.2. The molecule has 1 N–H and O–H groups in total. The lowest BCUT2D eigenvalue weighted by molar-refractivity contribution is 0.323. The van der Waals surface area contributed by atoms with Crippen LogP contribution < -0.4 is 0 Å². The first-order valence-electron chi connectivity index (χ1n) is 7.92. The topological polar surface area (TPSA) is 49.7 Å². The first-order valence-corrected chi connectivity index (χ1v) is 7.92. The minimum atomic E-state index is -0.236. The second kappa shape index (κ2) is 6.91. The molecule has 5 nitrogen and oxygen atoms in total. The average Bonchev–Trinajstić information content (AvgIpc) is 3.11. The van der Waals surface area contributed by atoms with E-state index in [2.05, 4.69) is 31.5 Å². The molecule has 0 bridgehead atoms. The van der Waals surface area contributed by atoms with Crippen molar-refractivity contribution < 1.29 is 4.39 Å². The van der Waals surface area contributed by atoms with Crippen LogP contribution in [-0.2, 0) is 13.0 Å². The highest BCUT2D eigenvalue weighted by molar-refractivity contribution is 5.74. The molecule has 6 heteroatoms. The number of aromatic nitrogens is 4. The summed E-state index contributed by atoms with van der Waals surface area (Å²) in [5.41, 5.74) is 1.58. The van der Waals surface area contributed by atoms with E-state index >= 15 is 0 Å². The van der Waals surface area contributed by atoms with Gasteiger partial charge < -0.3 is 14.5 Å². The van der Waals surface area contributed by atoms with Gasteiger partial charge in [0.05, 0.1) is 11.0 Å². The summed E-state index contributed by atoms with van der Waals surface area (Å²) in [6, 6.07) is 4.64. The van der Waals surface area contributed by atoms with Crippen LogP contribution in [0.1, 0.15) is 18.1 Å². The zero-order chi connectivity index (χ0) is 16.2. The van der Waals surface area contributed by atoms with Crippen molar-refractivity contribution in [3.8, 4) is 0 Å². The summed E-state index contributed by atoms with van der Waals surface area (Å²) in [5, 5.41) is 0. The summed E-state index contributed by atoms with van der Waals surface area (Å²) in [6.07, 6.45) is 5.77. The number of aryl methyl sites for hydroxylation is 2. The van der Waals surface area contributed by atoms with Crippen LogP contribution in [0.5, 0.6) is 0 Å².